The van der Waals surface area contributed by atoms with Gasteiger partial charge >= 0.3 is 0 Å². The summed E-state index contributed by atoms with van der Waals surface area (Å²) < 4.78 is 1.00. The van der Waals surface area contributed by atoms with E-state index >= 15 is 0 Å². The van der Waals surface area contributed by atoms with Gasteiger partial charge in [0.25, 0.3) is 5.97 Å². The molecule has 0 fully saturated rings. The Bertz CT molecular complexity index is 547. The van der Waals surface area contributed by atoms with Crippen molar-refractivity contribution in [2.24, 2.45) is 0 Å². The van der Waals surface area contributed by atoms with Crippen LogP contribution >= 0.6 is 0 Å². The van der Waals surface area contributed by atoms with Crippen LogP contribution < -0.4 is 17.0 Å². The van der Waals surface area contributed by atoms with Crippen molar-refractivity contribution in [3.8, 4) is 0 Å². The quantitative estimate of drug-likeness (QED) is 0.0337. The van der Waals surface area contributed by atoms with Gasteiger partial charge in [-0.1, -0.05) is 182 Å². The molecule has 0 saturated carbocycles. The third kappa shape index (κ3) is 32.0. The molecule has 0 aliphatic heterocycles. The van der Waals surface area contributed by atoms with Crippen LogP contribution in [-0.4, -0.2) is 51.5 Å². The number of quaternary nitrogens is 1. The summed E-state index contributed by atoms with van der Waals surface area (Å²) in [5, 5.41) is 31.2. The van der Waals surface area contributed by atoms with Crippen LogP contribution in [0.3, 0.4) is 0 Å². The maximum Gasteiger partial charge on any atom is 0.281 e. The summed E-state index contributed by atoms with van der Waals surface area (Å²) in [6.07, 6.45) is 41.8. The van der Waals surface area contributed by atoms with Crippen molar-refractivity contribution in [2.75, 3.05) is 19.6 Å². The molecule has 0 aliphatic carbocycles. The summed E-state index contributed by atoms with van der Waals surface area (Å²) in [5.41, 5.74) is 0. The van der Waals surface area contributed by atoms with E-state index in [0.29, 0.717) is 0 Å². The van der Waals surface area contributed by atoms with Crippen LogP contribution in [0.1, 0.15) is 240 Å². The Hall–Kier alpha value is 0.320. The summed E-state index contributed by atoms with van der Waals surface area (Å²) in [4.78, 5) is 0. The average Bonchev–Trinajstić information content (AvgIpc) is 3.03. The molecule has 0 spiro atoms. The molecule has 1 atom stereocenters. The molecule has 3 N–H and O–H groups in total. The van der Waals surface area contributed by atoms with E-state index in [2.05, 4.69) is 27.7 Å². The summed E-state index contributed by atoms with van der Waals surface area (Å²) in [5.74, 6) is -2.58. The normalized spacial score (nSPS) is 12.8. The van der Waals surface area contributed by atoms with Crippen LogP contribution in [0.4, 0.5) is 0 Å². The number of hydrogen-bond donors (Lipinski definition) is 3. The molecule has 0 radical (unpaired) electrons. The molecule has 0 saturated heterocycles. The van der Waals surface area contributed by atoms with E-state index in [4.69, 9.17) is 0 Å². The molecule has 0 aromatic carbocycles. The lowest BCUT2D eigenvalue weighted by Crippen LogP contribution is -3.00. The number of aliphatic hydroxyl groups is 3. The Morgan fingerprint density at radius 3 is 0.851 bits per heavy atom. The smallest absolute Gasteiger partial charge is 0.281 e. The van der Waals surface area contributed by atoms with Crippen LogP contribution in [0.5, 0.6) is 0 Å². The van der Waals surface area contributed by atoms with E-state index < -0.39 is 5.97 Å². The first-order valence-corrected chi connectivity index (χ1v) is 21.4. The van der Waals surface area contributed by atoms with Crippen molar-refractivity contribution in [1.82, 2.24) is 0 Å². The molecule has 0 rings (SSSR count). The van der Waals surface area contributed by atoms with E-state index in [9.17, 15) is 15.3 Å². The van der Waals surface area contributed by atoms with Crippen LogP contribution in [-0.2, 0) is 0 Å². The molecule has 286 valence electrons. The number of unbranched alkanes of at least 4 members (excludes halogenated alkanes) is 27. The Labute approximate surface area is 307 Å². The topological polar surface area (TPSA) is 60.7 Å². The predicted octanol–water partition coefficient (Wildman–Crippen LogP) is 9.76. The highest BCUT2D eigenvalue weighted by Crippen LogP contribution is 2.30. The van der Waals surface area contributed by atoms with Crippen LogP contribution in [0.2, 0.25) is 0 Å². The molecule has 1 unspecified atom stereocenters. The Kier molecular flexibility index (Phi) is 38.0. The van der Waals surface area contributed by atoms with E-state index in [-0.39, 0.29) is 29.4 Å². The molecule has 0 heterocycles. The van der Waals surface area contributed by atoms with Gasteiger partial charge in [-0.25, -0.2) is 0 Å². The number of hydrogen-bond acceptors (Lipinski definition) is 3. The zero-order valence-corrected chi connectivity index (χ0v) is 34.3. The van der Waals surface area contributed by atoms with Crippen molar-refractivity contribution in [2.45, 2.75) is 252 Å². The maximum atomic E-state index is 10.4. The first-order valence-electron chi connectivity index (χ1n) is 21.4. The van der Waals surface area contributed by atoms with Crippen LogP contribution in [0, 0.1) is 0 Å². The summed E-state index contributed by atoms with van der Waals surface area (Å²) in [7, 11) is 0. The second-order valence-corrected chi connectivity index (χ2v) is 15.4. The van der Waals surface area contributed by atoms with Gasteiger partial charge in [0.05, 0.1) is 32.1 Å². The fourth-order valence-corrected chi connectivity index (χ4v) is 7.79. The molecule has 5 heteroatoms. The summed E-state index contributed by atoms with van der Waals surface area (Å²) >= 11 is 0. The second kappa shape index (κ2) is 36.1. The maximum absolute atomic E-state index is 10.4. The van der Waals surface area contributed by atoms with Crippen molar-refractivity contribution < 1.29 is 36.8 Å². The zero-order valence-electron chi connectivity index (χ0n) is 32.7. The summed E-state index contributed by atoms with van der Waals surface area (Å²) in [6, 6.07) is 0.120. The van der Waals surface area contributed by atoms with Gasteiger partial charge in [0.15, 0.2) is 0 Å². The molecular weight excluding hydrogens is 646 g/mol. The first-order chi connectivity index (χ1) is 22.3. The minimum atomic E-state index is -2.58. The Morgan fingerprint density at radius 1 is 0.362 bits per heavy atom. The highest BCUT2D eigenvalue weighted by Gasteiger charge is 2.40. The summed E-state index contributed by atoms with van der Waals surface area (Å²) in [6.45, 7) is 12.6. The molecule has 47 heavy (non-hydrogen) atoms. The van der Waals surface area contributed by atoms with Gasteiger partial charge in [-0.3, -0.25) is 0 Å². The minimum absolute atomic E-state index is 0. The van der Waals surface area contributed by atoms with Gasteiger partial charge in [0.1, 0.15) is 0 Å². The van der Waals surface area contributed by atoms with Gasteiger partial charge in [0, 0.05) is 0 Å². The third-order valence-electron chi connectivity index (χ3n) is 10.8. The van der Waals surface area contributed by atoms with Gasteiger partial charge in [-0.15, -0.1) is 0 Å². The minimum Gasteiger partial charge on any atom is -1.00 e. The second-order valence-electron chi connectivity index (χ2n) is 15.4. The van der Waals surface area contributed by atoms with Crippen molar-refractivity contribution in [3.63, 3.8) is 0 Å². The number of rotatable bonds is 38. The highest BCUT2D eigenvalue weighted by molar-refractivity contribution is 4.69. The van der Waals surface area contributed by atoms with Crippen molar-refractivity contribution in [1.29, 1.82) is 0 Å². The van der Waals surface area contributed by atoms with Gasteiger partial charge in [-0.05, 0) is 51.4 Å². The molecule has 4 nitrogen and oxygen atoms in total. The van der Waals surface area contributed by atoms with Crippen LogP contribution in [0.25, 0.3) is 0 Å². The van der Waals surface area contributed by atoms with E-state index in [1.165, 1.54) is 193 Å². The molecule has 0 aliphatic rings. The van der Waals surface area contributed by atoms with Gasteiger partial charge < -0.3 is 36.8 Å². The molecule has 0 aromatic rings. The lowest BCUT2D eigenvalue weighted by atomic mass is 9.95. The highest BCUT2D eigenvalue weighted by atomic mass is 79.9. The average molecular weight is 735 g/mol. The fourth-order valence-electron chi connectivity index (χ4n) is 7.79. The molecular formula is C42H88BrNO3. The monoisotopic (exact) mass is 734 g/mol. The predicted molar refractivity (Wildman–Crippen MR) is 203 cm³/mol. The fraction of sp³-hybridized carbons (Fsp3) is 1.00. The zero-order chi connectivity index (χ0) is 34.0. The molecule has 0 aromatic heterocycles. The largest absolute Gasteiger partial charge is 1.00 e. The van der Waals surface area contributed by atoms with E-state index in [1.807, 2.05) is 0 Å². The van der Waals surface area contributed by atoms with Gasteiger partial charge in [0.2, 0.25) is 0 Å². The standard InChI is InChI=1S/C42H88NO3.BrH/c1-5-9-13-17-21-25-29-33-37-43(38-34-30-26-22-18-14-10-6-2,39-35-31-27-23-19-15-11-7-3)41(40-42(44,45)46)36-32-28-24-20-16-12-8-4;/h41,44-46H,5-40H2,1-4H3;1H/q+1;/p-1. The molecule has 0 amide bonds. The Morgan fingerprint density at radius 2 is 0.596 bits per heavy atom. The SMILES string of the molecule is CCCCCCCCCC[N+](CCCCCCCCCC)(CCCCCCCCCC)C(CCCCCCCCC)CC(O)(O)O.[Br-]. The van der Waals surface area contributed by atoms with Crippen molar-refractivity contribution in [3.05, 3.63) is 0 Å². The first kappa shape index (κ1) is 49.4. The van der Waals surface area contributed by atoms with E-state index in [1.54, 1.807) is 0 Å². The third-order valence-corrected chi connectivity index (χ3v) is 10.8. The lowest BCUT2D eigenvalue weighted by Gasteiger charge is -2.47. The number of nitrogens with zero attached hydrogens (tertiary/aromatic N) is 1. The van der Waals surface area contributed by atoms with E-state index in [0.717, 1.165) is 37.0 Å². The molecule has 0 bridgehead atoms. The van der Waals surface area contributed by atoms with Crippen LogP contribution in [0.15, 0.2) is 0 Å². The van der Waals surface area contributed by atoms with Crippen molar-refractivity contribution >= 4 is 0 Å². The van der Waals surface area contributed by atoms with Gasteiger partial charge in [-0.2, -0.15) is 0 Å². The Balaban J connectivity index is 0. The number of halogens is 1. The lowest BCUT2D eigenvalue weighted by molar-refractivity contribution is -0.954.